The lowest BCUT2D eigenvalue weighted by atomic mass is 10.00. The summed E-state index contributed by atoms with van der Waals surface area (Å²) in [5, 5.41) is 17.9. The lowest BCUT2D eigenvalue weighted by Gasteiger charge is -2.29. The maximum absolute atomic E-state index is 13.2. The average molecular weight is 450 g/mol. The van der Waals surface area contributed by atoms with Gasteiger partial charge in [-0.15, -0.1) is 0 Å². The van der Waals surface area contributed by atoms with E-state index >= 15 is 0 Å². The molecule has 0 unspecified atom stereocenters. The Labute approximate surface area is 191 Å². The van der Waals surface area contributed by atoms with Crippen LogP contribution in [-0.4, -0.2) is 60.3 Å². The summed E-state index contributed by atoms with van der Waals surface area (Å²) in [5.41, 5.74) is 0.226. The number of hydrogen-bond donors (Lipinski definition) is 4. The first kappa shape index (κ1) is 27.6. The molecule has 0 saturated carbocycles. The zero-order valence-corrected chi connectivity index (χ0v) is 20.1. The first-order valence-corrected chi connectivity index (χ1v) is 11.1. The number of aliphatic hydroxyl groups is 1. The zero-order valence-electron chi connectivity index (χ0n) is 20.1. The Hall–Kier alpha value is -2.45. The highest BCUT2D eigenvalue weighted by atomic mass is 16.6. The van der Waals surface area contributed by atoms with E-state index in [0.717, 1.165) is 5.56 Å². The molecule has 0 aromatic heterocycles. The molecular formula is C24H39N3O5. The molecule has 1 aromatic rings. The van der Waals surface area contributed by atoms with Crippen LogP contribution in [0.3, 0.4) is 0 Å². The molecule has 0 heterocycles. The van der Waals surface area contributed by atoms with Crippen LogP contribution in [0.4, 0.5) is 0 Å². The summed E-state index contributed by atoms with van der Waals surface area (Å²) >= 11 is 0. The SMILES string of the molecule is CNC(=O)[C@H](Cc1ccccc1)NC(=O)[C@H](CC(C)C)N[C@H](CCO)C(=O)OC(C)(C)C. The van der Waals surface area contributed by atoms with E-state index in [1.807, 2.05) is 44.2 Å². The van der Waals surface area contributed by atoms with Crippen LogP contribution in [0.25, 0.3) is 0 Å². The van der Waals surface area contributed by atoms with Crippen LogP contribution < -0.4 is 16.0 Å². The van der Waals surface area contributed by atoms with Crippen molar-refractivity contribution in [3.63, 3.8) is 0 Å². The van der Waals surface area contributed by atoms with Crippen molar-refractivity contribution in [2.75, 3.05) is 13.7 Å². The van der Waals surface area contributed by atoms with Crippen molar-refractivity contribution in [2.24, 2.45) is 5.92 Å². The van der Waals surface area contributed by atoms with Crippen LogP contribution >= 0.6 is 0 Å². The van der Waals surface area contributed by atoms with Crippen LogP contribution in [0.15, 0.2) is 30.3 Å². The van der Waals surface area contributed by atoms with E-state index in [1.54, 1.807) is 20.8 Å². The largest absolute Gasteiger partial charge is 0.459 e. The van der Waals surface area contributed by atoms with Crippen LogP contribution in [0, 0.1) is 5.92 Å². The Morgan fingerprint density at radius 3 is 2.12 bits per heavy atom. The summed E-state index contributed by atoms with van der Waals surface area (Å²) in [6.07, 6.45) is 0.898. The van der Waals surface area contributed by atoms with Gasteiger partial charge in [0, 0.05) is 20.1 Å². The monoisotopic (exact) mass is 449 g/mol. The lowest BCUT2D eigenvalue weighted by molar-refractivity contribution is -0.158. The molecule has 0 spiro atoms. The van der Waals surface area contributed by atoms with Gasteiger partial charge in [-0.2, -0.15) is 0 Å². The number of aliphatic hydroxyl groups excluding tert-OH is 1. The molecular weight excluding hydrogens is 410 g/mol. The molecule has 0 fully saturated rings. The van der Waals surface area contributed by atoms with Crippen molar-refractivity contribution in [3.8, 4) is 0 Å². The Morgan fingerprint density at radius 2 is 1.62 bits per heavy atom. The topological polar surface area (TPSA) is 117 Å². The van der Waals surface area contributed by atoms with E-state index in [4.69, 9.17) is 4.74 Å². The smallest absolute Gasteiger partial charge is 0.323 e. The normalized spacial score (nSPS) is 14.4. The van der Waals surface area contributed by atoms with Gasteiger partial charge in [-0.05, 0) is 45.1 Å². The maximum Gasteiger partial charge on any atom is 0.323 e. The van der Waals surface area contributed by atoms with E-state index in [9.17, 15) is 19.5 Å². The van der Waals surface area contributed by atoms with Crippen molar-refractivity contribution < 1.29 is 24.2 Å². The highest BCUT2D eigenvalue weighted by molar-refractivity contribution is 5.90. The highest BCUT2D eigenvalue weighted by Crippen LogP contribution is 2.13. The molecule has 0 aliphatic heterocycles. The Bertz CT molecular complexity index is 731. The number of carbonyl (C=O) groups excluding carboxylic acids is 3. The number of benzene rings is 1. The third kappa shape index (κ3) is 10.2. The molecule has 0 bridgehead atoms. The molecule has 0 radical (unpaired) electrons. The maximum atomic E-state index is 13.2. The fourth-order valence-electron chi connectivity index (χ4n) is 3.24. The summed E-state index contributed by atoms with van der Waals surface area (Å²) < 4.78 is 5.45. The van der Waals surface area contributed by atoms with Crippen LogP contribution in [0.5, 0.6) is 0 Å². The number of hydrogen-bond acceptors (Lipinski definition) is 6. The second kappa shape index (κ2) is 13.2. The quantitative estimate of drug-likeness (QED) is 0.360. The van der Waals surface area contributed by atoms with Crippen LogP contribution in [0.1, 0.15) is 53.0 Å². The molecule has 32 heavy (non-hydrogen) atoms. The Balaban J connectivity index is 3.02. The molecule has 1 aromatic carbocycles. The van der Waals surface area contributed by atoms with E-state index in [2.05, 4.69) is 16.0 Å². The third-order valence-corrected chi connectivity index (χ3v) is 4.70. The number of rotatable bonds is 12. The van der Waals surface area contributed by atoms with Gasteiger partial charge in [0.2, 0.25) is 11.8 Å². The van der Waals surface area contributed by atoms with Gasteiger partial charge in [0.05, 0.1) is 6.04 Å². The molecule has 8 heteroatoms. The van der Waals surface area contributed by atoms with Gasteiger partial charge in [0.15, 0.2) is 0 Å². The summed E-state index contributed by atoms with van der Waals surface area (Å²) in [4.78, 5) is 38.2. The van der Waals surface area contributed by atoms with Gasteiger partial charge in [-0.25, -0.2) is 0 Å². The highest BCUT2D eigenvalue weighted by Gasteiger charge is 2.31. The Kier molecular flexibility index (Phi) is 11.4. The van der Waals surface area contributed by atoms with Gasteiger partial charge in [0.1, 0.15) is 17.7 Å². The predicted octanol–water partition coefficient (Wildman–Crippen LogP) is 1.56. The van der Waals surface area contributed by atoms with Crippen LogP contribution in [0.2, 0.25) is 0 Å². The van der Waals surface area contributed by atoms with Gasteiger partial charge in [0.25, 0.3) is 0 Å². The molecule has 0 saturated heterocycles. The molecule has 0 aliphatic rings. The molecule has 0 aliphatic carbocycles. The summed E-state index contributed by atoms with van der Waals surface area (Å²) in [7, 11) is 1.52. The first-order chi connectivity index (χ1) is 15.0. The third-order valence-electron chi connectivity index (χ3n) is 4.70. The number of ether oxygens (including phenoxy) is 1. The standard InChI is InChI=1S/C24H39N3O5/c1-16(2)14-19(26-18(12-13-28)23(31)32-24(3,4)5)22(30)27-20(21(29)25-6)15-17-10-8-7-9-11-17/h7-11,16,18-20,26,28H,12-15H2,1-6H3,(H,25,29)(H,27,30)/t18-,19+,20+/m1/s1. The van der Waals surface area contributed by atoms with Crippen molar-refractivity contribution in [1.82, 2.24) is 16.0 Å². The lowest BCUT2D eigenvalue weighted by Crippen LogP contribution is -2.56. The number of carbonyl (C=O) groups is 3. The predicted molar refractivity (Wildman–Crippen MR) is 124 cm³/mol. The zero-order chi connectivity index (χ0) is 24.3. The van der Waals surface area contributed by atoms with Crippen molar-refractivity contribution in [3.05, 3.63) is 35.9 Å². The minimum atomic E-state index is -0.846. The van der Waals surface area contributed by atoms with E-state index in [-0.39, 0.29) is 30.8 Å². The van der Waals surface area contributed by atoms with E-state index < -0.39 is 29.7 Å². The van der Waals surface area contributed by atoms with Gasteiger partial charge in [-0.3, -0.25) is 19.7 Å². The first-order valence-electron chi connectivity index (χ1n) is 11.1. The molecule has 2 amide bonds. The molecule has 1 rings (SSSR count). The van der Waals surface area contributed by atoms with Gasteiger partial charge >= 0.3 is 5.97 Å². The Morgan fingerprint density at radius 1 is 1.00 bits per heavy atom. The molecule has 4 N–H and O–H groups in total. The number of likely N-dealkylation sites (N-methyl/N-ethyl adjacent to an activating group) is 1. The summed E-state index contributed by atoms with van der Waals surface area (Å²) in [6.45, 7) is 8.99. The second-order valence-electron chi connectivity index (χ2n) is 9.31. The average Bonchev–Trinajstić information content (AvgIpc) is 2.70. The van der Waals surface area contributed by atoms with Crippen LogP contribution in [-0.2, 0) is 25.5 Å². The number of amides is 2. The minimum Gasteiger partial charge on any atom is -0.459 e. The van der Waals surface area contributed by atoms with Crippen molar-refractivity contribution in [2.45, 2.75) is 77.6 Å². The van der Waals surface area contributed by atoms with Crippen molar-refractivity contribution in [1.29, 1.82) is 0 Å². The number of nitrogens with one attached hydrogen (secondary N) is 3. The van der Waals surface area contributed by atoms with Gasteiger partial charge in [-0.1, -0.05) is 44.2 Å². The number of esters is 1. The summed E-state index contributed by atoms with van der Waals surface area (Å²) in [5.74, 6) is -1.06. The van der Waals surface area contributed by atoms with Crippen molar-refractivity contribution >= 4 is 17.8 Å². The fourth-order valence-corrected chi connectivity index (χ4v) is 3.24. The molecule has 180 valence electrons. The second-order valence-corrected chi connectivity index (χ2v) is 9.31. The molecule has 8 nitrogen and oxygen atoms in total. The summed E-state index contributed by atoms with van der Waals surface area (Å²) in [6, 6.07) is 7.09. The van der Waals surface area contributed by atoms with Gasteiger partial charge < -0.3 is 20.5 Å². The van der Waals surface area contributed by atoms with E-state index in [0.29, 0.717) is 12.8 Å². The minimum absolute atomic E-state index is 0.111. The van der Waals surface area contributed by atoms with E-state index in [1.165, 1.54) is 7.05 Å². The fraction of sp³-hybridized carbons (Fsp3) is 0.625. The molecule has 3 atom stereocenters.